The number of nitrogens with two attached hydrogens (primary N) is 1. The van der Waals surface area contributed by atoms with Gasteiger partial charge in [-0.2, -0.15) is 11.8 Å². The Morgan fingerprint density at radius 3 is 2.22 bits per heavy atom. The standard InChI is InChI=1S/C7H17NS/c1-4-5-7(9-3)6(2)8/h6-7H,4-5,8H2,1-3H3. The van der Waals surface area contributed by atoms with E-state index in [1.807, 2.05) is 11.8 Å². The molecule has 2 unspecified atom stereocenters. The first kappa shape index (κ1) is 9.31. The molecule has 0 saturated heterocycles. The van der Waals surface area contributed by atoms with Crippen molar-refractivity contribution in [1.29, 1.82) is 0 Å². The van der Waals surface area contributed by atoms with E-state index in [0.717, 1.165) is 0 Å². The predicted molar refractivity (Wildman–Crippen MR) is 45.9 cm³/mol. The van der Waals surface area contributed by atoms with Crippen molar-refractivity contribution in [1.82, 2.24) is 0 Å². The van der Waals surface area contributed by atoms with E-state index < -0.39 is 0 Å². The maximum Gasteiger partial charge on any atom is 0.0193 e. The molecule has 0 rings (SSSR count). The topological polar surface area (TPSA) is 26.0 Å². The van der Waals surface area contributed by atoms with Crippen LogP contribution in [0.2, 0.25) is 0 Å². The highest BCUT2D eigenvalue weighted by atomic mass is 32.2. The Labute approximate surface area is 62.4 Å². The van der Waals surface area contributed by atoms with Gasteiger partial charge in [0.05, 0.1) is 0 Å². The van der Waals surface area contributed by atoms with Crippen LogP contribution >= 0.6 is 11.8 Å². The molecule has 0 aromatic carbocycles. The molecule has 2 heteroatoms. The Morgan fingerprint density at radius 1 is 1.56 bits per heavy atom. The van der Waals surface area contributed by atoms with Crippen LogP contribution in [0.25, 0.3) is 0 Å². The van der Waals surface area contributed by atoms with Crippen molar-refractivity contribution in [3.63, 3.8) is 0 Å². The van der Waals surface area contributed by atoms with Crippen LogP contribution in [-0.2, 0) is 0 Å². The van der Waals surface area contributed by atoms with Crippen molar-refractivity contribution in [3.05, 3.63) is 0 Å². The van der Waals surface area contributed by atoms with E-state index in [9.17, 15) is 0 Å². The predicted octanol–water partition coefficient (Wildman–Crippen LogP) is 1.87. The lowest BCUT2D eigenvalue weighted by atomic mass is 10.1. The average Bonchev–Trinajstić information content (AvgIpc) is 1.82. The summed E-state index contributed by atoms with van der Waals surface area (Å²) in [5, 5.41) is 0.662. The smallest absolute Gasteiger partial charge is 0.0193 e. The van der Waals surface area contributed by atoms with Crippen LogP contribution < -0.4 is 5.73 Å². The summed E-state index contributed by atoms with van der Waals surface area (Å²) in [5.41, 5.74) is 5.71. The quantitative estimate of drug-likeness (QED) is 0.657. The molecule has 0 bridgehead atoms. The van der Waals surface area contributed by atoms with Crippen LogP contribution in [0.4, 0.5) is 0 Å². The Kier molecular flexibility index (Phi) is 5.30. The summed E-state index contributed by atoms with van der Waals surface area (Å²) in [5.74, 6) is 0. The highest BCUT2D eigenvalue weighted by Crippen LogP contribution is 2.14. The van der Waals surface area contributed by atoms with Gasteiger partial charge in [-0.3, -0.25) is 0 Å². The van der Waals surface area contributed by atoms with E-state index in [2.05, 4.69) is 20.1 Å². The molecular weight excluding hydrogens is 130 g/mol. The molecule has 0 amide bonds. The van der Waals surface area contributed by atoms with Crippen molar-refractivity contribution in [2.45, 2.75) is 38.0 Å². The maximum absolute atomic E-state index is 5.71. The Hall–Kier alpha value is 0.310. The molecule has 0 spiro atoms. The third-order valence-electron chi connectivity index (χ3n) is 1.46. The number of hydrogen-bond acceptors (Lipinski definition) is 2. The molecule has 0 aliphatic rings. The van der Waals surface area contributed by atoms with E-state index in [1.54, 1.807) is 0 Å². The van der Waals surface area contributed by atoms with Crippen molar-refractivity contribution in [3.8, 4) is 0 Å². The molecular formula is C7H17NS. The Morgan fingerprint density at radius 2 is 2.11 bits per heavy atom. The van der Waals surface area contributed by atoms with Crippen molar-refractivity contribution in [2.24, 2.45) is 5.73 Å². The van der Waals surface area contributed by atoms with Gasteiger partial charge in [-0.15, -0.1) is 0 Å². The number of thioether (sulfide) groups is 1. The lowest BCUT2D eigenvalue weighted by Gasteiger charge is -2.16. The molecule has 1 nitrogen and oxygen atoms in total. The highest BCUT2D eigenvalue weighted by molar-refractivity contribution is 7.99. The van der Waals surface area contributed by atoms with Crippen LogP contribution in [0.5, 0.6) is 0 Å². The van der Waals surface area contributed by atoms with Crippen LogP contribution in [-0.4, -0.2) is 17.5 Å². The van der Waals surface area contributed by atoms with Gasteiger partial charge in [0.15, 0.2) is 0 Å². The van der Waals surface area contributed by atoms with E-state index in [0.29, 0.717) is 11.3 Å². The van der Waals surface area contributed by atoms with Gasteiger partial charge in [-0.1, -0.05) is 13.3 Å². The van der Waals surface area contributed by atoms with Gasteiger partial charge < -0.3 is 5.73 Å². The SMILES string of the molecule is CCCC(SC)C(C)N. The highest BCUT2D eigenvalue weighted by Gasteiger charge is 2.09. The lowest BCUT2D eigenvalue weighted by molar-refractivity contribution is 0.634. The fourth-order valence-electron chi connectivity index (χ4n) is 0.880. The minimum absolute atomic E-state index is 0.347. The molecule has 0 radical (unpaired) electrons. The summed E-state index contributed by atoms with van der Waals surface area (Å²) in [4.78, 5) is 0. The van der Waals surface area contributed by atoms with Gasteiger partial charge in [-0.05, 0) is 19.6 Å². The zero-order valence-electron chi connectivity index (χ0n) is 6.55. The van der Waals surface area contributed by atoms with E-state index >= 15 is 0 Å². The second-order valence-electron chi connectivity index (χ2n) is 2.42. The van der Waals surface area contributed by atoms with Gasteiger partial charge in [0.2, 0.25) is 0 Å². The van der Waals surface area contributed by atoms with Gasteiger partial charge in [0.25, 0.3) is 0 Å². The van der Waals surface area contributed by atoms with E-state index in [1.165, 1.54) is 12.8 Å². The van der Waals surface area contributed by atoms with Gasteiger partial charge in [0, 0.05) is 11.3 Å². The molecule has 56 valence electrons. The molecule has 0 aromatic heterocycles. The number of rotatable bonds is 4. The molecule has 0 aliphatic carbocycles. The van der Waals surface area contributed by atoms with Crippen molar-refractivity contribution < 1.29 is 0 Å². The fraction of sp³-hybridized carbons (Fsp3) is 1.00. The van der Waals surface area contributed by atoms with Crippen molar-refractivity contribution >= 4 is 11.8 Å². The minimum Gasteiger partial charge on any atom is -0.327 e. The summed E-state index contributed by atoms with van der Waals surface area (Å²) < 4.78 is 0. The van der Waals surface area contributed by atoms with Gasteiger partial charge in [-0.25, -0.2) is 0 Å². The zero-order chi connectivity index (χ0) is 7.28. The van der Waals surface area contributed by atoms with Gasteiger partial charge in [0.1, 0.15) is 0 Å². The third-order valence-corrected chi connectivity index (χ3v) is 2.73. The molecule has 2 N–H and O–H groups in total. The molecule has 9 heavy (non-hydrogen) atoms. The fourth-order valence-corrected chi connectivity index (χ4v) is 1.78. The van der Waals surface area contributed by atoms with Crippen LogP contribution in [0.15, 0.2) is 0 Å². The first-order valence-corrected chi connectivity index (χ1v) is 4.79. The van der Waals surface area contributed by atoms with E-state index in [-0.39, 0.29) is 0 Å². The minimum atomic E-state index is 0.347. The van der Waals surface area contributed by atoms with E-state index in [4.69, 9.17) is 5.73 Å². The summed E-state index contributed by atoms with van der Waals surface area (Å²) in [6.45, 7) is 4.28. The molecule has 0 aliphatic heterocycles. The molecule has 0 saturated carbocycles. The maximum atomic E-state index is 5.71. The summed E-state index contributed by atoms with van der Waals surface area (Å²) in [7, 11) is 0. The van der Waals surface area contributed by atoms with Gasteiger partial charge >= 0.3 is 0 Å². The Bertz CT molecular complexity index is 63.9. The third kappa shape index (κ3) is 3.82. The molecule has 2 atom stereocenters. The monoisotopic (exact) mass is 147 g/mol. The normalized spacial score (nSPS) is 17.3. The largest absolute Gasteiger partial charge is 0.327 e. The Balaban J connectivity index is 3.41. The second kappa shape index (κ2) is 5.12. The average molecular weight is 147 g/mol. The van der Waals surface area contributed by atoms with Crippen LogP contribution in [0.1, 0.15) is 26.7 Å². The molecule has 0 fully saturated rings. The molecule has 0 heterocycles. The van der Waals surface area contributed by atoms with Crippen LogP contribution in [0, 0.1) is 0 Å². The summed E-state index contributed by atoms with van der Waals surface area (Å²) in [6.07, 6.45) is 4.62. The first-order chi connectivity index (χ1) is 4.22. The summed E-state index contributed by atoms with van der Waals surface area (Å²) in [6, 6.07) is 0.347. The lowest BCUT2D eigenvalue weighted by Crippen LogP contribution is -2.28. The summed E-state index contributed by atoms with van der Waals surface area (Å²) >= 11 is 1.88. The van der Waals surface area contributed by atoms with Crippen molar-refractivity contribution in [2.75, 3.05) is 6.26 Å². The van der Waals surface area contributed by atoms with Crippen LogP contribution in [0.3, 0.4) is 0 Å². The first-order valence-electron chi connectivity index (χ1n) is 3.50. The second-order valence-corrected chi connectivity index (χ2v) is 3.50. The molecule has 0 aromatic rings. The zero-order valence-corrected chi connectivity index (χ0v) is 7.37. The number of hydrogen-bond donors (Lipinski definition) is 1.